The summed E-state index contributed by atoms with van der Waals surface area (Å²) in [5.41, 5.74) is 0.755. The minimum atomic E-state index is -0.391. The summed E-state index contributed by atoms with van der Waals surface area (Å²) in [5, 5.41) is 2.65. The number of ether oxygens (including phenoxy) is 1. The Balaban J connectivity index is 2.19. The van der Waals surface area contributed by atoms with Gasteiger partial charge >= 0.3 is 6.09 Å². The molecule has 0 aliphatic carbocycles. The molecule has 1 amide bonds. The number of amides is 1. The van der Waals surface area contributed by atoms with E-state index in [-0.39, 0.29) is 0 Å². The van der Waals surface area contributed by atoms with Crippen LogP contribution in [0.2, 0.25) is 0 Å². The Morgan fingerprint density at radius 3 is 2.80 bits per heavy atom. The standard InChI is InChI=1S/C11H15NO2S/c1-2-15-9-8-14-11(13)12-10-6-4-3-5-7-10/h3-7H,2,8-9H2,1H3,(H,12,13). The second-order valence-electron chi connectivity index (χ2n) is 2.82. The van der Waals surface area contributed by atoms with E-state index >= 15 is 0 Å². The van der Waals surface area contributed by atoms with Gasteiger partial charge in [-0.1, -0.05) is 25.1 Å². The molecule has 4 heteroatoms. The second kappa shape index (κ2) is 7.17. The van der Waals surface area contributed by atoms with Gasteiger partial charge in [-0.25, -0.2) is 4.79 Å². The monoisotopic (exact) mass is 225 g/mol. The van der Waals surface area contributed by atoms with E-state index in [0.717, 1.165) is 17.2 Å². The van der Waals surface area contributed by atoms with E-state index in [1.807, 2.05) is 30.3 Å². The molecule has 0 saturated heterocycles. The molecule has 0 aliphatic rings. The number of thioether (sulfide) groups is 1. The number of carbonyl (C=O) groups is 1. The average Bonchev–Trinajstić information content (AvgIpc) is 2.26. The summed E-state index contributed by atoms with van der Waals surface area (Å²) in [4.78, 5) is 11.2. The fraction of sp³-hybridized carbons (Fsp3) is 0.364. The highest BCUT2D eigenvalue weighted by atomic mass is 32.2. The Bertz CT molecular complexity index is 290. The molecule has 3 nitrogen and oxygen atoms in total. The predicted molar refractivity (Wildman–Crippen MR) is 64.4 cm³/mol. The normalized spacial score (nSPS) is 9.67. The molecule has 1 aromatic carbocycles. The van der Waals surface area contributed by atoms with Gasteiger partial charge in [-0.05, 0) is 17.9 Å². The van der Waals surface area contributed by atoms with Gasteiger partial charge in [-0.15, -0.1) is 0 Å². The third kappa shape index (κ3) is 5.32. The smallest absolute Gasteiger partial charge is 0.411 e. The largest absolute Gasteiger partial charge is 0.448 e. The van der Waals surface area contributed by atoms with Gasteiger partial charge in [0.15, 0.2) is 0 Å². The van der Waals surface area contributed by atoms with E-state index in [1.54, 1.807) is 11.8 Å². The summed E-state index contributed by atoms with van der Waals surface area (Å²) < 4.78 is 4.98. The molecule has 0 radical (unpaired) electrons. The maximum absolute atomic E-state index is 11.2. The van der Waals surface area contributed by atoms with Gasteiger partial charge < -0.3 is 4.74 Å². The Morgan fingerprint density at radius 1 is 1.40 bits per heavy atom. The molecule has 0 aliphatic heterocycles. The summed E-state index contributed by atoms with van der Waals surface area (Å²) in [6.07, 6.45) is -0.391. The van der Waals surface area contributed by atoms with Crippen molar-refractivity contribution in [3.05, 3.63) is 30.3 Å². The fourth-order valence-corrected chi connectivity index (χ4v) is 1.50. The number of benzene rings is 1. The minimum absolute atomic E-state index is 0.391. The molecule has 0 bridgehead atoms. The third-order valence-electron chi connectivity index (χ3n) is 1.69. The summed E-state index contributed by atoms with van der Waals surface area (Å²) in [6.45, 7) is 2.53. The summed E-state index contributed by atoms with van der Waals surface area (Å²) >= 11 is 1.75. The van der Waals surface area contributed by atoms with Crippen molar-refractivity contribution in [2.45, 2.75) is 6.92 Å². The molecule has 15 heavy (non-hydrogen) atoms. The number of rotatable bonds is 5. The molecule has 1 aromatic rings. The van der Waals surface area contributed by atoms with Crippen LogP contribution in [0.4, 0.5) is 10.5 Å². The molecule has 0 spiro atoms. The lowest BCUT2D eigenvalue weighted by molar-refractivity contribution is 0.169. The van der Waals surface area contributed by atoms with Crippen molar-refractivity contribution in [3.63, 3.8) is 0 Å². The molecule has 0 fully saturated rings. The van der Waals surface area contributed by atoms with E-state index < -0.39 is 6.09 Å². The maximum atomic E-state index is 11.2. The summed E-state index contributed by atoms with van der Waals surface area (Å²) in [6, 6.07) is 9.27. The van der Waals surface area contributed by atoms with E-state index in [2.05, 4.69) is 12.2 Å². The number of nitrogens with one attached hydrogen (secondary N) is 1. The molecule has 0 saturated carbocycles. The van der Waals surface area contributed by atoms with E-state index in [0.29, 0.717) is 6.61 Å². The zero-order valence-corrected chi connectivity index (χ0v) is 9.55. The van der Waals surface area contributed by atoms with Crippen molar-refractivity contribution in [2.24, 2.45) is 0 Å². The van der Waals surface area contributed by atoms with E-state index in [4.69, 9.17) is 4.74 Å². The highest BCUT2D eigenvalue weighted by Crippen LogP contribution is 2.05. The lowest BCUT2D eigenvalue weighted by Crippen LogP contribution is -2.15. The molecule has 1 rings (SSSR count). The van der Waals surface area contributed by atoms with Crippen LogP contribution < -0.4 is 5.32 Å². The highest BCUT2D eigenvalue weighted by Gasteiger charge is 2.01. The van der Waals surface area contributed by atoms with Crippen molar-refractivity contribution < 1.29 is 9.53 Å². The molecule has 1 N–H and O–H groups in total. The zero-order valence-electron chi connectivity index (χ0n) is 8.73. The zero-order chi connectivity index (χ0) is 10.9. The predicted octanol–water partition coefficient (Wildman–Crippen LogP) is 2.99. The van der Waals surface area contributed by atoms with Crippen LogP contribution in [0, 0.1) is 0 Å². The molecule has 82 valence electrons. The molecule has 0 aromatic heterocycles. The van der Waals surface area contributed by atoms with Gasteiger partial charge in [0.1, 0.15) is 6.61 Å². The fourth-order valence-electron chi connectivity index (χ4n) is 1.01. The van der Waals surface area contributed by atoms with Gasteiger partial charge in [-0.3, -0.25) is 5.32 Å². The van der Waals surface area contributed by atoms with E-state index in [1.165, 1.54) is 0 Å². The Labute approximate surface area is 94.2 Å². The molecule has 0 heterocycles. The van der Waals surface area contributed by atoms with Crippen LogP contribution >= 0.6 is 11.8 Å². The van der Waals surface area contributed by atoms with Crippen molar-refractivity contribution in [1.29, 1.82) is 0 Å². The van der Waals surface area contributed by atoms with Gasteiger partial charge in [0.25, 0.3) is 0 Å². The molecular formula is C11H15NO2S. The summed E-state index contributed by atoms with van der Waals surface area (Å²) in [5.74, 6) is 1.89. The number of carbonyl (C=O) groups excluding carboxylic acids is 1. The Morgan fingerprint density at radius 2 is 2.13 bits per heavy atom. The SMILES string of the molecule is CCSCCOC(=O)Nc1ccccc1. The van der Waals surface area contributed by atoms with Gasteiger partial charge in [-0.2, -0.15) is 11.8 Å². The second-order valence-corrected chi connectivity index (χ2v) is 4.22. The molecular weight excluding hydrogens is 210 g/mol. The van der Waals surface area contributed by atoms with E-state index in [9.17, 15) is 4.79 Å². The number of hydrogen-bond acceptors (Lipinski definition) is 3. The number of anilines is 1. The maximum Gasteiger partial charge on any atom is 0.411 e. The lowest BCUT2D eigenvalue weighted by atomic mass is 10.3. The minimum Gasteiger partial charge on any atom is -0.448 e. The van der Waals surface area contributed by atoms with Crippen LogP contribution in [0.5, 0.6) is 0 Å². The van der Waals surface area contributed by atoms with Crippen LogP contribution in [0.1, 0.15) is 6.92 Å². The summed E-state index contributed by atoms with van der Waals surface area (Å²) in [7, 11) is 0. The first-order valence-electron chi connectivity index (χ1n) is 4.89. The Kier molecular flexibility index (Phi) is 5.70. The van der Waals surface area contributed by atoms with Crippen molar-refractivity contribution in [3.8, 4) is 0 Å². The highest BCUT2D eigenvalue weighted by molar-refractivity contribution is 7.99. The van der Waals surface area contributed by atoms with Crippen molar-refractivity contribution in [1.82, 2.24) is 0 Å². The number of hydrogen-bond donors (Lipinski definition) is 1. The first-order valence-corrected chi connectivity index (χ1v) is 6.05. The van der Waals surface area contributed by atoms with Crippen LogP contribution in [0.3, 0.4) is 0 Å². The first-order chi connectivity index (χ1) is 7.33. The van der Waals surface area contributed by atoms with Crippen LogP contribution in [-0.4, -0.2) is 24.2 Å². The number of para-hydroxylation sites is 1. The van der Waals surface area contributed by atoms with Gasteiger partial charge in [0, 0.05) is 11.4 Å². The molecule has 0 atom stereocenters. The quantitative estimate of drug-likeness (QED) is 0.783. The topological polar surface area (TPSA) is 38.3 Å². The van der Waals surface area contributed by atoms with Crippen molar-refractivity contribution >= 4 is 23.5 Å². The Hall–Kier alpha value is -1.16. The van der Waals surface area contributed by atoms with Crippen LogP contribution in [0.15, 0.2) is 30.3 Å². The van der Waals surface area contributed by atoms with Gasteiger partial charge in [0.05, 0.1) is 0 Å². The van der Waals surface area contributed by atoms with Gasteiger partial charge in [0.2, 0.25) is 0 Å². The van der Waals surface area contributed by atoms with Crippen LogP contribution in [-0.2, 0) is 4.74 Å². The van der Waals surface area contributed by atoms with Crippen molar-refractivity contribution in [2.75, 3.05) is 23.4 Å². The first kappa shape index (κ1) is 11.9. The average molecular weight is 225 g/mol. The van der Waals surface area contributed by atoms with Crippen LogP contribution in [0.25, 0.3) is 0 Å². The third-order valence-corrected chi connectivity index (χ3v) is 2.55. The lowest BCUT2D eigenvalue weighted by Gasteiger charge is -2.05. The molecule has 0 unspecified atom stereocenters.